The molecule has 2 aliphatic rings. The van der Waals surface area contributed by atoms with Gasteiger partial charge in [-0.05, 0) is 44.4 Å². The van der Waals surface area contributed by atoms with Gasteiger partial charge in [0.05, 0.1) is 6.04 Å². The summed E-state index contributed by atoms with van der Waals surface area (Å²) >= 11 is 0. The minimum absolute atomic E-state index is 0.0388. The van der Waals surface area contributed by atoms with Gasteiger partial charge in [-0.15, -0.1) is 0 Å². The number of carbonyl (C=O) groups is 1. The fourth-order valence-corrected chi connectivity index (χ4v) is 2.68. The van der Waals surface area contributed by atoms with Gasteiger partial charge < -0.3 is 15.0 Å². The topological polar surface area (TPSA) is 41.6 Å². The van der Waals surface area contributed by atoms with E-state index in [1.54, 1.807) is 7.11 Å². The maximum absolute atomic E-state index is 12.1. The second-order valence-electron chi connectivity index (χ2n) is 5.88. The van der Waals surface area contributed by atoms with Crippen LogP contribution in [0.1, 0.15) is 39.0 Å². The van der Waals surface area contributed by atoms with Gasteiger partial charge in [0.15, 0.2) is 0 Å². The van der Waals surface area contributed by atoms with Gasteiger partial charge in [-0.25, -0.2) is 0 Å². The van der Waals surface area contributed by atoms with E-state index in [2.05, 4.69) is 5.32 Å². The third-order valence-corrected chi connectivity index (χ3v) is 4.37. The van der Waals surface area contributed by atoms with Crippen molar-refractivity contribution in [2.45, 2.75) is 45.1 Å². The molecule has 2 rings (SSSR count). The summed E-state index contributed by atoms with van der Waals surface area (Å²) in [6.07, 6.45) is 5.98. The molecular weight excluding hydrogens is 228 g/mol. The van der Waals surface area contributed by atoms with Crippen LogP contribution in [0.15, 0.2) is 0 Å². The predicted molar refractivity (Wildman–Crippen MR) is 71.4 cm³/mol. The summed E-state index contributed by atoms with van der Waals surface area (Å²) in [6.45, 7) is 5.67. The summed E-state index contributed by atoms with van der Waals surface area (Å²) < 4.78 is 5.15. The molecule has 0 spiro atoms. The second-order valence-corrected chi connectivity index (χ2v) is 5.88. The van der Waals surface area contributed by atoms with Crippen molar-refractivity contribution < 1.29 is 9.53 Å². The number of methoxy groups -OCH3 is 1. The Labute approximate surface area is 110 Å². The number of nitrogens with zero attached hydrogens (tertiary/aromatic N) is 1. The minimum atomic E-state index is -0.0388. The summed E-state index contributed by atoms with van der Waals surface area (Å²) in [7, 11) is 1.75. The highest BCUT2D eigenvalue weighted by atomic mass is 16.5. The summed E-state index contributed by atoms with van der Waals surface area (Å²) in [6, 6.07) is -0.0388. The van der Waals surface area contributed by atoms with Gasteiger partial charge in [0, 0.05) is 33.4 Å². The molecule has 4 nitrogen and oxygen atoms in total. The molecule has 0 aromatic rings. The first-order valence-electron chi connectivity index (χ1n) is 7.18. The van der Waals surface area contributed by atoms with Crippen LogP contribution in [0.25, 0.3) is 0 Å². The predicted octanol–water partition coefficient (Wildman–Crippen LogP) is 1.40. The summed E-state index contributed by atoms with van der Waals surface area (Å²) in [4.78, 5) is 14.1. The standard InChI is InChI=1S/C14H26N2O2/c1-12(13(17)16-8-3-4-9-16)15-11-14(5-6-14)7-10-18-2/h12,15H,3-11H2,1-2H3. The fourth-order valence-electron chi connectivity index (χ4n) is 2.68. The largest absolute Gasteiger partial charge is 0.385 e. The van der Waals surface area contributed by atoms with E-state index >= 15 is 0 Å². The number of hydrogen-bond acceptors (Lipinski definition) is 3. The van der Waals surface area contributed by atoms with E-state index in [9.17, 15) is 4.79 Å². The number of ether oxygens (including phenoxy) is 1. The Morgan fingerprint density at radius 2 is 2.06 bits per heavy atom. The average molecular weight is 254 g/mol. The monoisotopic (exact) mass is 254 g/mol. The lowest BCUT2D eigenvalue weighted by Gasteiger charge is -2.23. The number of hydrogen-bond donors (Lipinski definition) is 1. The number of nitrogens with one attached hydrogen (secondary N) is 1. The van der Waals surface area contributed by atoms with Crippen LogP contribution in [0.5, 0.6) is 0 Å². The van der Waals surface area contributed by atoms with Gasteiger partial charge >= 0.3 is 0 Å². The molecule has 0 aromatic carbocycles. The molecule has 1 amide bonds. The lowest BCUT2D eigenvalue weighted by atomic mass is 10.0. The molecule has 1 atom stereocenters. The molecule has 1 N–H and O–H groups in total. The van der Waals surface area contributed by atoms with Gasteiger partial charge in [-0.3, -0.25) is 4.79 Å². The Morgan fingerprint density at radius 3 is 2.61 bits per heavy atom. The third kappa shape index (κ3) is 3.45. The van der Waals surface area contributed by atoms with Crippen LogP contribution in [0, 0.1) is 5.41 Å². The zero-order chi connectivity index (χ0) is 13.0. The Morgan fingerprint density at radius 1 is 1.39 bits per heavy atom. The summed E-state index contributed by atoms with van der Waals surface area (Å²) in [5.41, 5.74) is 0.412. The summed E-state index contributed by atoms with van der Waals surface area (Å²) in [5.74, 6) is 0.273. The van der Waals surface area contributed by atoms with Gasteiger partial charge in [0.1, 0.15) is 0 Å². The molecule has 0 radical (unpaired) electrons. The number of likely N-dealkylation sites (tertiary alicyclic amines) is 1. The molecule has 0 aromatic heterocycles. The molecular formula is C14H26N2O2. The molecule has 1 aliphatic carbocycles. The molecule has 1 saturated heterocycles. The van der Waals surface area contributed by atoms with Gasteiger partial charge in [-0.1, -0.05) is 0 Å². The maximum atomic E-state index is 12.1. The third-order valence-electron chi connectivity index (χ3n) is 4.37. The molecule has 1 saturated carbocycles. The van der Waals surface area contributed by atoms with Crippen LogP contribution in [0.2, 0.25) is 0 Å². The molecule has 18 heavy (non-hydrogen) atoms. The Balaban J connectivity index is 1.70. The molecule has 1 aliphatic heterocycles. The quantitative estimate of drug-likeness (QED) is 0.747. The van der Waals surface area contributed by atoms with Crippen molar-refractivity contribution in [3.05, 3.63) is 0 Å². The van der Waals surface area contributed by atoms with Crippen LogP contribution in [-0.4, -0.2) is 50.2 Å². The van der Waals surface area contributed by atoms with Crippen molar-refractivity contribution in [1.29, 1.82) is 0 Å². The van der Waals surface area contributed by atoms with E-state index in [-0.39, 0.29) is 11.9 Å². The number of amides is 1. The zero-order valence-electron chi connectivity index (χ0n) is 11.7. The molecule has 4 heteroatoms. The van der Waals surface area contributed by atoms with Crippen LogP contribution >= 0.6 is 0 Å². The van der Waals surface area contributed by atoms with Gasteiger partial charge in [-0.2, -0.15) is 0 Å². The molecule has 0 bridgehead atoms. The molecule has 104 valence electrons. The molecule has 2 fully saturated rings. The lowest BCUT2D eigenvalue weighted by Crippen LogP contribution is -2.45. The van der Waals surface area contributed by atoms with E-state index in [0.717, 1.165) is 45.5 Å². The summed E-state index contributed by atoms with van der Waals surface area (Å²) in [5, 5.41) is 3.42. The van der Waals surface area contributed by atoms with Crippen LogP contribution in [-0.2, 0) is 9.53 Å². The normalized spacial score (nSPS) is 23.1. The second kappa shape index (κ2) is 6.02. The van der Waals surface area contributed by atoms with Crippen molar-refractivity contribution in [2.75, 3.05) is 33.4 Å². The first-order valence-corrected chi connectivity index (χ1v) is 7.18. The highest BCUT2D eigenvalue weighted by Crippen LogP contribution is 2.48. The van der Waals surface area contributed by atoms with Crippen molar-refractivity contribution in [1.82, 2.24) is 10.2 Å². The Hall–Kier alpha value is -0.610. The lowest BCUT2D eigenvalue weighted by molar-refractivity contribution is -0.132. The minimum Gasteiger partial charge on any atom is -0.385 e. The van der Waals surface area contributed by atoms with Crippen LogP contribution in [0.3, 0.4) is 0 Å². The average Bonchev–Trinajstić information content (AvgIpc) is 2.94. The number of carbonyl (C=O) groups excluding carboxylic acids is 1. The van der Waals surface area contributed by atoms with E-state index in [1.807, 2.05) is 11.8 Å². The van der Waals surface area contributed by atoms with Crippen molar-refractivity contribution in [3.63, 3.8) is 0 Å². The van der Waals surface area contributed by atoms with E-state index in [0.29, 0.717) is 5.41 Å². The van der Waals surface area contributed by atoms with E-state index in [4.69, 9.17) is 4.74 Å². The fraction of sp³-hybridized carbons (Fsp3) is 0.929. The molecule has 1 unspecified atom stereocenters. The molecule has 1 heterocycles. The first kappa shape index (κ1) is 13.8. The van der Waals surface area contributed by atoms with Crippen molar-refractivity contribution in [2.24, 2.45) is 5.41 Å². The van der Waals surface area contributed by atoms with Crippen molar-refractivity contribution >= 4 is 5.91 Å². The smallest absolute Gasteiger partial charge is 0.239 e. The highest BCUT2D eigenvalue weighted by molar-refractivity contribution is 5.81. The number of rotatable bonds is 7. The highest BCUT2D eigenvalue weighted by Gasteiger charge is 2.42. The van der Waals surface area contributed by atoms with E-state index in [1.165, 1.54) is 12.8 Å². The maximum Gasteiger partial charge on any atom is 0.239 e. The SMILES string of the molecule is COCCC1(CNC(C)C(=O)N2CCCC2)CC1. The van der Waals surface area contributed by atoms with Crippen LogP contribution in [0.4, 0.5) is 0 Å². The van der Waals surface area contributed by atoms with Gasteiger partial charge in [0.2, 0.25) is 5.91 Å². The van der Waals surface area contributed by atoms with Crippen molar-refractivity contribution in [3.8, 4) is 0 Å². The van der Waals surface area contributed by atoms with E-state index < -0.39 is 0 Å². The zero-order valence-corrected chi connectivity index (χ0v) is 11.7. The first-order chi connectivity index (χ1) is 8.67. The van der Waals surface area contributed by atoms with Gasteiger partial charge in [0.25, 0.3) is 0 Å². The Bertz CT molecular complexity index is 284. The Kier molecular flexibility index (Phi) is 4.62. The van der Waals surface area contributed by atoms with Crippen LogP contribution < -0.4 is 5.32 Å².